The fourth-order valence-electron chi connectivity index (χ4n) is 5.24. The van der Waals surface area contributed by atoms with E-state index in [0.717, 1.165) is 35.4 Å². The van der Waals surface area contributed by atoms with E-state index in [2.05, 4.69) is 70.5 Å². The van der Waals surface area contributed by atoms with E-state index in [1.54, 1.807) is 6.20 Å². The first-order valence-corrected chi connectivity index (χ1v) is 12.7. The lowest BCUT2D eigenvalue weighted by Gasteiger charge is -2.40. The average molecular weight is 485 g/mol. The molecular formula is C32H28N4O. The van der Waals surface area contributed by atoms with Crippen LogP contribution in [-0.2, 0) is 0 Å². The molecule has 3 heterocycles. The first kappa shape index (κ1) is 23.1. The lowest BCUT2D eigenvalue weighted by atomic mass is 9.96. The lowest BCUT2D eigenvalue weighted by Crippen LogP contribution is -2.49. The quantitative estimate of drug-likeness (QED) is 0.314. The van der Waals surface area contributed by atoms with Crippen LogP contribution in [0.1, 0.15) is 27.5 Å². The summed E-state index contributed by atoms with van der Waals surface area (Å²) < 4.78 is 0. The molecule has 0 unspecified atom stereocenters. The molecular weight excluding hydrogens is 456 g/mol. The van der Waals surface area contributed by atoms with E-state index in [9.17, 15) is 4.79 Å². The van der Waals surface area contributed by atoms with E-state index in [1.165, 1.54) is 11.1 Å². The van der Waals surface area contributed by atoms with Gasteiger partial charge in [-0.15, -0.1) is 0 Å². The number of piperazine rings is 1. The van der Waals surface area contributed by atoms with Crippen molar-refractivity contribution in [1.29, 1.82) is 0 Å². The molecule has 0 bridgehead atoms. The Kier molecular flexibility index (Phi) is 6.44. The van der Waals surface area contributed by atoms with Gasteiger partial charge in [-0.3, -0.25) is 14.7 Å². The lowest BCUT2D eigenvalue weighted by molar-refractivity contribution is 0.0599. The Morgan fingerprint density at radius 3 is 1.95 bits per heavy atom. The van der Waals surface area contributed by atoms with Gasteiger partial charge in [-0.05, 0) is 35.4 Å². The molecule has 1 fully saturated rings. The van der Waals surface area contributed by atoms with Crippen LogP contribution in [0.4, 0.5) is 0 Å². The molecule has 1 saturated heterocycles. The number of hydrogen-bond acceptors (Lipinski definition) is 4. The predicted molar refractivity (Wildman–Crippen MR) is 147 cm³/mol. The van der Waals surface area contributed by atoms with Crippen molar-refractivity contribution in [3.8, 4) is 11.4 Å². The normalized spacial score (nSPS) is 14.2. The van der Waals surface area contributed by atoms with Crippen molar-refractivity contribution in [3.05, 3.63) is 132 Å². The summed E-state index contributed by atoms with van der Waals surface area (Å²) >= 11 is 0. The Balaban J connectivity index is 1.28. The standard InChI is InChI=1S/C32H28N4O/c37-32(27-23-30(29-17-9-10-18-33-29)34-28-16-8-7-15-26(27)28)36-21-19-35(20-22-36)31(24-11-3-1-4-12-24)25-13-5-2-6-14-25/h1-18,23,31H,19-22H2. The predicted octanol–water partition coefficient (Wildman–Crippen LogP) is 5.84. The number of rotatable bonds is 5. The second-order valence-electron chi connectivity index (χ2n) is 9.34. The maximum absolute atomic E-state index is 13.9. The number of aromatic nitrogens is 2. The Hall–Kier alpha value is -4.35. The van der Waals surface area contributed by atoms with E-state index in [4.69, 9.17) is 4.98 Å². The third kappa shape index (κ3) is 4.74. The minimum atomic E-state index is 0.0476. The number of para-hydroxylation sites is 1. The Labute approximate surface area is 217 Å². The summed E-state index contributed by atoms with van der Waals surface area (Å²) in [6.07, 6.45) is 1.75. The van der Waals surface area contributed by atoms with Crippen molar-refractivity contribution in [3.63, 3.8) is 0 Å². The summed E-state index contributed by atoms with van der Waals surface area (Å²) in [7, 11) is 0. The fourth-order valence-corrected chi connectivity index (χ4v) is 5.24. The fraction of sp³-hybridized carbons (Fsp3) is 0.156. The zero-order valence-electron chi connectivity index (χ0n) is 20.6. The summed E-state index contributed by atoms with van der Waals surface area (Å²) in [4.78, 5) is 27.6. The summed E-state index contributed by atoms with van der Waals surface area (Å²) in [6.45, 7) is 2.95. The highest BCUT2D eigenvalue weighted by Crippen LogP contribution is 2.30. The van der Waals surface area contributed by atoms with Crippen LogP contribution in [0.5, 0.6) is 0 Å². The molecule has 37 heavy (non-hydrogen) atoms. The Morgan fingerprint density at radius 2 is 1.30 bits per heavy atom. The highest BCUT2D eigenvalue weighted by Gasteiger charge is 2.29. The number of amides is 1. The van der Waals surface area contributed by atoms with Gasteiger partial charge in [-0.25, -0.2) is 4.98 Å². The summed E-state index contributed by atoms with van der Waals surface area (Å²) in [6, 6.07) is 36.9. The van der Waals surface area contributed by atoms with Crippen molar-refractivity contribution >= 4 is 16.8 Å². The average Bonchev–Trinajstić information content (AvgIpc) is 2.98. The molecule has 5 aromatic rings. The van der Waals surface area contributed by atoms with E-state index in [1.807, 2.05) is 53.4 Å². The molecule has 0 aliphatic carbocycles. The maximum Gasteiger partial charge on any atom is 0.254 e. The number of hydrogen-bond donors (Lipinski definition) is 0. The van der Waals surface area contributed by atoms with E-state index >= 15 is 0 Å². The largest absolute Gasteiger partial charge is 0.336 e. The molecule has 5 nitrogen and oxygen atoms in total. The zero-order chi connectivity index (χ0) is 25.0. The van der Waals surface area contributed by atoms with Crippen molar-refractivity contribution in [2.45, 2.75) is 6.04 Å². The number of fused-ring (bicyclic) bond motifs is 1. The number of carbonyl (C=O) groups is 1. The summed E-state index contributed by atoms with van der Waals surface area (Å²) in [5.41, 5.74) is 5.51. The number of benzene rings is 3. The van der Waals surface area contributed by atoms with Gasteiger partial charge in [-0.2, -0.15) is 0 Å². The highest BCUT2D eigenvalue weighted by molar-refractivity contribution is 6.07. The zero-order valence-corrected chi connectivity index (χ0v) is 20.6. The first-order valence-electron chi connectivity index (χ1n) is 12.7. The maximum atomic E-state index is 13.9. The summed E-state index contributed by atoms with van der Waals surface area (Å²) in [5, 5.41) is 0.876. The van der Waals surface area contributed by atoms with Gasteiger partial charge >= 0.3 is 0 Å². The number of pyridine rings is 2. The minimum Gasteiger partial charge on any atom is -0.336 e. The van der Waals surface area contributed by atoms with Crippen LogP contribution < -0.4 is 0 Å². The van der Waals surface area contributed by atoms with Crippen molar-refractivity contribution < 1.29 is 4.79 Å². The first-order chi connectivity index (χ1) is 18.3. The SMILES string of the molecule is O=C(c1cc(-c2ccccn2)nc2ccccc12)N1CCN(C(c2ccccc2)c2ccccc2)CC1. The third-order valence-electron chi connectivity index (χ3n) is 7.07. The van der Waals surface area contributed by atoms with Crippen molar-refractivity contribution in [1.82, 2.24) is 19.8 Å². The second-order valence-corrected chi connectivity index (χ2v) is 9.34. The van der Waals surface area contributed by atoms with Crippen LogP contribution >= 0.6 is 0 Å². The number of carbonyl (C=O) groups excluding carboxylic acids is 1. The van der Waals surface area contributed by atoms with E-state index in [0.29, 0.717) is 18.7 Å². The molecule has 2 aromatic heterocycles. The van der Waals surface area contributed by atoms with Crippen LogP contribution in [0.15, 0.2) is 115 Å². The molecule has 6 rings (SSSR count). The van der Waals surface area contributed by atoms with Gasteiger partial charge < -0.3 is 4.90 Å². The van der Waals surface area contributed by atoms with Crippen LogP contribution in [-0.4, -0.2) is 51.9 Å². The van der Waals surface area contributed by atoms with Gasteiger partial charge in [0, 0.05) is 37.8 Å². The van der Waals surface area contributed by atoms with E-state index in [-0.39, 0.29) is 11.9 Å². The molecule has 0 spiro atoms. The van der Waals surface area contributed by atoms with Crippen LogP contribution in [0, 0.1) is 0 Å². The molecule has 3 aromatic carbocycles. The molecule has 1 amide bonds. The second kappa shape index (κ2) is 10.3. The molecule has 0 atom stereocenters. The molecule has 1 aliphatic rings. The molecule has 0 N–H and O–H groups in total. The highest BCUT2D eigenvalue weighted by atomic mass is 16.2. The molecule has 182 valence electrons. The van der Waals surface area contributed by atoms with E-state index < -0.39 is 0 Å². The topological polar surface area (TPSA) is 49.3 Å². The smallest absolute Gasteiger partial charge is 0.254 e. The van der Waals surface area contributed by atoms with Crippen molar-refractivity contribution in [2.24, 2.45) is 0 Å². The monoisotopic (exact) mass is 484 g/mol. The van der Waals surface area contributed by atoms with Crippen LogP contribution in [0.2, 0.25) is 0 Å². The van der Waals surface area contributed by atoms with Crippen LogP contribution in [0.3, 0.4) is 0 Å². The van der Waals surface area contributed by atoms with Gasteiger partial charge in [-0.1, -0.05) is 84.9 Å². The van der Waals surface area contributed by atoms with Gasteiger partial charge in [0.15, 0.2) is 0 Å². The van der Waals surface area contributed by atoms with Gasteiger partial charge in [0.2, 0.25) is 0 Å². The molecule has 5 heteroatoms. The number of nitrogens with zero attached hydrogens (tertiary/aromatic N) is 4. The van der Waals surface area contributed by atoms with Crippen LogP contribution in [0.25, 0.3) is 22.3 Å². The van der Waals surface area contributed by atoms with Gasteiger partial charge in [0.05, 0.1) is 28.5 Å². The Bertz CT molecular complexity index is 1460. The Morgan fingerprint density at radius 1 is 0.676 bits per heavy atom. The third-order valence-corrected chi connectivity index (χ3v) is 7.07. The molecule has 1 aliphatic heterocycles. The molecule has 0 saturated carbocycles. The van der Waals surface area contributed by atoms with Gasteiger partial charge in [0.1, 0.15) is 0 Å². The minimum absolute atomic E-state index is 0.0476. The van der Waals surface area contributed by atoms with Gasteiger partial charge in [0.25, 0.3) is 5.91 Å². The molecule has 0 radical (unpaired) electrons. The van der Waals surface area contributed by atoms with Crippen molar-refractivity contribution in [2.75, 3.05) is 26.2 Å². The summed E-state index contributed by atoms with van der Waals surface area (Å²) in [5.74, 6) is 0.0476.